The van der Waals surface area contributed by atoms with E-state index in [0.29, 0.717) is 11.1 Å². The summed E-state index contributed by atoms with van der Waals surface area (Å²) in [5.74, 6) is 0.389. The van der Waals surface area contributed by atoms with Gasteiger partial charge in [0.25, 0.3) is 5.69 Å². The molecule has 1 aliphatic rings. The molecule has 0 atom stereocenters. The van der Waals surface area contributed by atoms with Crippen LogP contribution in [0.1, 0.15) is 24.3 Å². The van der Waals surface area contributed by atoms with E-state index < -0.39 is 4.92 Å². The maximum absolute atomic E-state index is 10.4. The van der Waals surface area contributed by atoms with Crippen LogP contribution in [-0.4, -0.2) is 9.91 Å². The first kappa shape index (κ1) is 8.44. The van der Waals surface area contributed by atoms with E-state index in [-0.39, 0.29) is 5.69 Å². The van der Waals surface area contributed by atoms with E-state index in [4.69, 9.17) is 11.6 Å². The van der Waals surface area contributed by atoms with E-state index in [0.717, 1.165) is 18.4 Å². The minimum atomic E-state index is -0.449. The Morgan fingerprint density at radius 3 is 2.85 bits per heavy atom. The highest BCUT2D eigenvalue weighted by molar-refractivity contribution is 6.30. The zero-order valence-electron chi connectivity index (χ0n) is 6.74. The molecule has 68 valence electrons. The molecule has 1 fully saturated rings. The summed E-state index contributed by atoms with van der Waals surface area (Å²) in [7, 11) is 0. The van der Waals surface area contributed by atoms with Gasteiger partial charge in [0.15, 0.2) is 0 Å². The van der Waals surface area contributed by atoms with Crippen LogP contribution in [0.25, 0.3) is 0 Å². The van der Waals surface area contributed by atoms with Crippen molar-refractivity contribution in [2.24, 2.45) is 0 Å². The molecule has 1 aliphatic carbocycles. The molecule has 0 aromatic carbocycles. The van der Waals surface area contributed by atoms with Gasteiger partial charge in [-0.1, -0.05) is 11.6 Å². The molecule has 2 rings (SSSR count). The van der Waals surface area contributed by atoms with Crippen molar-refractivity contribution in [2.75, 3.05) is 0 Å². The predicted octanol–water partition coefficient (Wildman–Crippen LogP) is 2.52. The molecule has 1 heterocycles. The quantitative estimate of drug-likeness (QED) is 0.417. The van der Waals surface area contributed by atoms with Crippen molar-refractivity contribution in [1.29, 1.82) is 0 Å². The van der Waals surface area contributed by atoms with Gasteiger partial charge in [-0.15, -0.1) is 0 Å². The van der Waals surface area contributed by atoms with Gasteiger partial charge in [0.1, 0.15) is 11.3 Å². The van der Waals surface area contributed by atoms with Crippen LogP contribution in [0.4, 0.5) is 5.69 Å². The fourth-order valence-electron chi connectivity index (χ4n) is 1.23. The average Bonchev–Trinajstić information content (AvgIpc) is 2.87. The molecular weight excluding hydrogens is 192 g/mol. The van der Waals surface area contributed by atoms with Gasteiger partial charge in [0.05, 0.1) is 4.92 Å². The lowest BCUT2D eigenvalue weighted by molar-refractivity contribution is -0.385. The van der Waals surface area contributed by atoms with Gasteiger partial charge >= 0.3 is 0 Å². The Morgan fingerprint density at radius 2 is 2.31 bits per heavy atom. The fraction of sp³-hybridized carbons (Fsp3) is 0.375. The van der Waals surface area contributed by atoms with E-state index in [9.17, 15) is 10.1 Å². The second-order valence-electron chi connectivity index (χ2n) is 3.10. The second kappa shape index (κ2) is 2.96. The molecule has 0 bridgehead atoms. The third-order valence-electron chi connectivity index (χ3n) is 2.08. The molecule has 0 N–H and O–H groups in total. The molecule has 1 saturated carbocycles. The van der Waals surface area contributed by atoms with Crippen LogP contribution in [0, 0.1) is 10.1 Å². The van der Waals surface area contributed by atoms with Gasteiger partial charge in [0, 0.05) is 6.07 Å². The molecule has 0 spiro atoms. The van der Waals surface area contributed by atoms with Crippen LogP contribution < -0.4 is 0 Å². The van der Waals surface area contributed by atoms with Gasteiger partial charge in [-0.3, -0.25) is 10.1 Å². The standard InChI is InChI=1S/C8H7ClN2O2/c9-8-7(5-1-2-5)3-6(4-10-8)11(12)13/h3-5H,1-2H2. The number of aromatic nitrogens is 1. The third-order valence-corrected chi connectivity index (χ3v) is 2.40. The van der Waals surface area contributed by atoms with Crippen molar-refractivity contribution in [3.05, 3.63) is 33.1 Å². The van der Waals surface area contributed by atoms with Gasteiger partial charge in [0.2, 0.25) is 0 Å². The molecule has 0 radical (unpaired) electrons. The van der Waals surface area contributed by atoms with Crippen LogP contribution in [0.5, 0.6) is 0 Å². The Labute approximate surface area is 79.7 Å². The first-order chi connectivity index (χ1) is 6.18. The number of hydrogen-bond donors (Lipinski definition) is 0. The van der Waals surface area contributed by atoms with E-state index in [1.54, 1.807) is 0 Å². The summed E-state index contributed by atoms with van der Waals surface area (Å²) in [6.45, 7) is 0. The SMILES string of the molecule is O=[N+]([O-])c1cnc(Cl)c(C2CC2)c1. The average molecular weight is 199 g/mol. The molecule has 0 aliphatic heterocycles. The Hall–Kier alpha value is -1.16. The lowest BCUT2D eigenvalue weighted by atomic mass is 10.2. The fourth-order valence-corrected chi connectivity index (χ4v) is 1.49. The maximum atomic E-state index is 10.4. The van der Waals surface area contributed by atoms with Crippen molar-refractivity contribution in [2.45, 2.75) is 18.8 Å². The number of rotatable bonds is 2. The minimum Gasteiger partial charge on any atom is -0.258 e. The van der Waals surface area contributed by atoms with Crippen LogP contribution in [-0.2, 0) is 0 Å². The highest BCUT2D eigenvalue weighted by atomic mass is 35.5. The van der Waals surface area contributed by atoms with Gasteiger partial charge < -0.3 is 0 Å². The number of pyridine rings is 1. The normalized spacial score (nSPS) is 15.8. The van der Waals surface area contributed by atoms with Gasteiger partial charge in [-0.25, -0.2) is 4.98 Å². The first-order valence-electron chi connectivity index (χ1n) is 3.98. The van der Waals surface area contributed by atoms with E-state index >= 15 is 0 Å². The molecule has 1 aromatic heterocycles. The lowest BCUT2D eigenvalue weighted by Gasteiger charge is -1.99. The third kappa shape index (κ3) is 1.62. The number of hydrogen-bond acceptors (Lipinski definition) is 3. The van der Waals surface area contributed by atoms with Crippen molar-refractivity contribution >= 4 is 17.3 Å². The number of nitro groups is 1. The summed E-state index contributed by atoms with van der Waals surface area (Å²) in [6, 6.07) is 1.52. The van der Waals surface area contributed by atoms with E-state index in [1.807, 2.05) is 0 Å². The van der Waals surface area contributed by atoms with Gasteiger partial charge in [-0.05, 0) is 24.3 Å². The van der Waals surface area contributed by atoms with E-state index in [2.05, 4.69) is 4.98 Å². The van der Waals surface area contributed by atoms with Crippen molar-refractivity contribution in [3.8, 4) is 0 Å². The predicted molar refractivity (Wildman–Crippen MR) is 47.9 cm³/mol. The maximum Gasteiger partial charge on any atom is 0.287 e. The van der Waals surface area contributed by atoms with Crippen molar-refractivity contribution < 1.29 is 4.92 Å². The topological polar surface area (TPSA) is 56.0 Å². The Bertz CT molecular complexity index is 363. The first-order valence-corrected chi connectivity index (χ1v) is 4.36. The highest BCUT2D eigenvalue weighted by Gasteiger charge is 2.28. The molecular formula is C8H7ClN2O2. The van der Waals surface area contributed by atoms with Gasteiger partial charge in [-0.2, -0.15) is 0 Å². The Kier molecular flexibility index (Phi) is 1.92. The van der Waals surface area contributed by atoms with E-state index in [1.165, 1.54) is 12.3 Å². The zero-order valence-corrected chi connectivity index (χ0v) is 7.49. The Balaban J connectivity index is 2.41. The summed E-state index contributed by atoms with van der Waals surface area (Å²) in [5, 5.41) is 10.8. The summed E-state index contributed by atoms with van der Waals surface area (Å²) in [6.07, 6.45) is 3.30. The second-order valence-corrected chi connectivity index (χ2v) is 3.46. The number of halogens is 1. The largest absolute Gasteiger partial charge is 0.287 e. The summed E-state index contributed by atoms with van der Waals surface area (Å²) < 4.78 is 0. The molecule has 13 heavy (non-hydrogen) atoms. The minimum absolute atomic E-state index is 0.0197. The Morgan fingerprint density at radius 1 is 1.62 bits per heavy atom. The molecule has 0 saturated heterocycles. The summed E-state index contributed by atoms with van der Waals surface area (Å²) in [4.78, 5) is 13.8. The van der Waals surface area contributed by atoms with Crippen LogP contribution >= 0.6 is 11.6 Å². The zero-order chi connectivity index (χ0) is 9.42. The van der Waals surface area contributed by atoms with Crippen LogP contribution in [0.15, 0.2) is 12.3 Å². The molecule has 5 heteroatoms. The summed E-state index contributed by atoms with van der Waals surface area (Å²) in [5.41, 5.74) is 0.835. The lowest BCUT2D eigenvalue weighted by Crippen LogP contribution is -1.92. The highest BCUT2D eigenvalue weighted by Crippen LogP contribution is 2.43. The molecule has 4 nitrogen and oxygen atoms in total. The number of nitrogens with zero attached hydrogens (tertiary/aromatic N) is 2. The van der Waals surface area contributed by atoms with Crippen molar-refractivity contribution in [3.63, 3.8) is 0 Å². The molecule has 0 amide bonds. The van der Waals surface area contributed by atoms with Crippen LogP contribution in [0.2, 0.25) is 5.15 Å². The molecule has 1 aromatic rings. The van der Waals surface area contributed by atoms with Crippen molar-refractivity contribution in [1.82, 2.24) is 4.98 Å². The summed E-state index contributed by atoms with van der Waals surface area (Å²) >= 11 is 5.80. The van der Waals surface area contributed by atoms with Crippen LogP contribution in [0.3, 0.4) is 0 Å². The smallest absolute Gasteiger partial charge is 0.258 e. The molecule has 0 unspecified atom stereocenters. The monoisotopic (exact) mass is 198 g/mol.